The highest BCUT2D eigenvalue weighted by Gasteiger charge is 2.06. The van der Waals surface area contributed by atoms with Crippen LogP contribution in [0.1, 0.15) is 16.7 Å². The predicted octanol–water partition coefficient (Wildman–Crippen LogP) is 3.07. The van der Waals surface area contributed by atoms with E-state index in [4.69, 9.17) is 14.2 Å². The monoisotopic (exact) mass is 385 g/mol. The molecule has 0 atom stereocenters. The lowest BCUT2D eigenvalue weighted by molar-refractivity contribution is 0.145. The third-order valence-corrected chi connectivity index (χ3v) is 4.09. The molecular formula is C22H31N3O3. The second-order valence-electron chi connectivity index (χ2n) is 6.47. The van der Waals surface area contributed by atoms with Crippen LogP contribution in [0.4, 0.5) is 0 Å². The van der Waals surface area contributed by atoms with Gasteiger partial charge in [0.2, 0.25) is 0 Å². The van der Waals surface area contributed by atoms with Crippen molar-refractivity contribution >= 4 is 5.96 Å². The maximum absolute atomic E-state index is 5.84. The first-order chi connectivity index (χ1) is 13.6. The summed E-state index contributed by atoms with van der Waals surface area (Å²) in [6, 6.07) is 14.2. The summed E-state index contributed by atoms with van der Waals surface area (Å²) < 4.78 is 16.7. The number of rotatable bonds is 10. The Morgan fingerprint density at radius 3 is 2.50 bits per heavy atom. The first-order valence-corrected chi connectivity index (χ1v) is 9.47. The van der Waals surface area contributed by atoms with Crippen molar-refractivity contribution in [3.63, 3.8) is 0 Å². The summed E-state index contributed by atoms with van der Waals surface area (Å²) in [6.45, 7) is 7.01. The van der Waals surface area contributed by atoms with Gasteiger partial charge in [-0.25, -0.2) is 0 Å². The smallest absolute Gasteiger partial charge is 0.191 e. The van der Waals surface area contributed by atoms with Crippen LogP contribution in [0.2, 0.25) is 0 Å². The second kappa shape index (κ2) is 11.9. The lowest BCUT2D eigenvalue weighted by Crippen LogP contribution is -2.39. The fourth-order valence-corrected chi connectivity index (χ4v) is 2.62. The van der Waals surface area contributed by atoms with E-state index >= 15 is 0 Å². The SMILES string of the molecule is CN=C(NCCOc1cccc(C)c1)NCc1ccc(C)cc1OCCOC. The summed E-state index contributed by atoms with van der Waals surface area (Å²) in [6.07, 6.45) is 0. The molecule has 0 saturated carbocycles. The van der Waals surface area contributed by atoms with Crippen LogP contribution in [0.5, 0.6) is 11.5 Å². The van der Waals surface area contributed by atoms with Gasteiger partial charge in [-0.15, -0.1) is 0 Å². The average molecular weight is 386 g/mol. The molecule has 0 bridgehead atoms. The molecule has 2 rings (SSSR count). The van der Waals surface area contributed by atoms with Gasteiger partial charge in [-0.1, -0.05) is 24.3 Å². The molecular weight excluding hydrogens is 354 g/mol. The molecule has 2 N–H and O–H groups in total. The number of ether oxygens (including phenoxy) is 3. The number of nitrogens with zero attached hydrogens (tertiary/aromatic N) is 1. The van der Waals surface area contributed by atoms with Crippen LogP contribution in [-0.2, 0) is 11.3 Å². The zero-order chi connectivity index (χ0) is 20.2. The van der Waals surface area contributed by atoms with Crippen molar-refractivity contribution in [1.29, 1.82) is 0 Å². The van der Waals surface area contributed by atoms with E-state index in [1.54, 1.807) is 14.2 Å². The van der Waals surface area contributed by atoms with Gasteiger partial charge in [-0.3, -0.25) is 4.99 Å². The van der Waals surface area contributed by atoms with E-state index in [0.29, 0.717) is 32.9 Å². The quantitative estimate of drug-likeness (QED) is 0.374. The Kier molecular flexibility index (Phi) is 9.15. The van der Waals surface area contributed by atoms with Gasteiger partial charge in [0, 0.05) is 26.3 Å². The average Bonchev–Trinajstić information content (AvgIpc) is 2.69. The van der Waals surface area contributed by atoms with E-state index in [-0.39, 0.29) is 0 Å². The van der Waals surface area contributed by atoms with Crippen molar-refractivity contribution in [2.75, 3.05) is 40.5 Å². The summed E-state index contributed by atoms with van der Waals surface area (Å²) in [4.78, 5) is 4.26. The molecule has 28 heavy (non-hydrogen) atoms. The molecule has 2 aromatic carbocycles. The van der Waals surface area contributed by atoms with Crippen molar-refractivity contribution in [1.82, 2.24) is 10.6 Å². The molecule has 0 aliphatic heterocycles. The van der Waals surface area contributed by atoms with Gasteiger partial charge in [0.25, 0.3) is 0 Å². The van der Waals surface area contributed by atoms with E-state index in [2.05, 4.69) is 47.7 Å². The molecule has 0 aliphatic carbocycles. The zero-order valence-electron chi connectivity index (χ0n) is 17.2. The minimum absolute atomic E-state index is 0.524. The topological polar surface area (TPSA) is 64.1 Å². The van der Waals surface area contributed by atoms with Crippen molar-refractivity contribution in [3.05, 3.63) is 59.2 Å². The van der Waals surface area contributed by atoms with Crippen molar-refractivity contribution in [2.24, 2.45) is 4.99 Å². The molecule has 0 aromatic heterocycles. The Balaban J connectivity index is 1.80. The number of aliphatic imine (C=N–C) groups is 1. The molecule has 6 heteroatoms. The number of aryl methyl sites for hydroxylation is 2. The first kappa shape index (κ1) is 21.6. The van der Waals surface area contributed by atoms with Crippen molar-refractivity contribution in [3.8, 4) is 11.5 Å². The standard InChI is InChI=1S/C22H31N3O3/c1-17-6-5-7-20(14-17)27-11-10-24-22(23-3)25-16-19-9-8-18(2)15-21(19)28-13-12-26-4/h5-9,14-15H,10-13,16H2,1-4H3,(H2,23,24,25). The van der Waals surface area contributed by atoms with Crippen LogP contribution in [0, 0.1) is 13.8 Å². The molecule has 0 unspecified atom stereocenters. The normalized spacial score (nSPS) is 11.2. The highest BCUT2D eigenvalue weighted by Crippen LogP contribution is 2.20. The van der Waals surface area contributed by atoms with Gasteiger partial charge in [-0.05, 0) is 43.2 Å². The fourth-order valence-electron chi connectivity index (χ4n) is 2.62. The van der Waals surface area contributed by atoms with Crippen LogP contribution in [0.15, 0.2) is 47.5 Å². The number of benzene rings is 2. The Labute approximate surface area is 167 Å². The van der Waals surface area contributed by atoms with Gasteiger partial charge in [0.15, 0.2) is 5.96 Å². The fraction of sp³-hybridized carbons (Fsp3) is 0.409. The Morgan fingerprint density at radius 2 is 1.75 bits per heavy atom. The van der Waals surface area contributed by atoms with Crippen LogP contribution in [0.3, 0.4) is 0 Å². The molecule has 2 aromatic rings. The van der Waals surface area contributed by atoms with Gasteiger partial charge in [0.1, 0.15) is 24.7 Å². The van der Waals surface area contributed by atoms with Crippen LogP contribution in [0.25, 0.3) is 0 Å². The molecule has 6 nitrogen and oxygen atoms in total. The molecule has 152 valence electrons. The summed E-state index contributed by atoms with van der Waals surface area (Å²) in [5.41, 5.74) is 3.41. The zero-order valence-corrected chi connectivity index (χ0v) is 17.2. The van der Waals surface area contributed by atoms with Crippen molar-refractivity contribution < 1.29 is 14.2 Å². The highest BCUT2D eigenvalue weighted by molar-refractivity contribution is 5.79. The molecule has 0 heterocycles. The third kappa shape index (κ3) is 7.48. The first-order valence-electron chi connectivity index (χ1n) is 9.47. The van der Waals surface area contributed by atoms with E-state index in [0.717, 1.165) is 28.6 Å². The number of hydrogen-bond donors (Lipinski definition) is 2. The van der Waals surface area contributed by atoms with Crippen LogP contribution < -0.4 is 20.1 Å². The van der Waals surface area contributed by atoms with Crippen LogP contribution >= 0.6 is 0 Å². The molecule has 0 aliphatic rings. The second-order valence-corrected chi connectivity index (χ2v) is 6.47. The Bertz CT molecular complexity index is 762. The third-order valence-electron chi connectivity index (χ3n) is 4.09. The molecule has 0 saturated heterocycles. The number of nitrogens with one attached hydrogen (secondary N) is 2. The van der Waals surface area contributed by atoms with Gasteiger partial charge in [0.05, 0.1) is 13.2 Å². The van der Waals surface area contributed by atoms with E-state index in [1.807, 2.05) is 24.3 Å². The van der Waals surface area contributed by atoms with E-state index < -0.39 is 0 Å². The van der Waals surface area contributed by atoms with E-state index in [9.17, 15) is 0 Å². The van der Waals surface area contributed by atoms with Gasteiger partial charge < -0.3 is 24.8 Å². The lowest BCUT2D eigenvalue weighted by atomic mass is 10.1. The van der Waals surface area contributed by atoms with E-state index in [1.165, 1.54) is 5.56 Å². The maximum Gasteiger partial charge on any atom is 0.191 e. The predicted molar refractivity (Wildman–Crippen MR) is 113 cm³/mol. The minimum atomic E-state index is 0.524. The van der Waals surface area contributed by atoms with Crippen LogP contribution in [-0.4, -0.2) is 46.5 Å². The molecule has 0 spiro atoms. The molecule has 0 radical (unpaired) electrons. The number of hydrogen-bond acceptors (Lipinski definition) is 4. The summed E-state index contributed by atoms with van der Waals surface area (Å²) in [7, 11) is 3.42. The summed E-state index contributed by atoms with van der Waals surface area (Å²) >= 11 is 0. The largest absolute Gasteiger partial charge is 0.492 e. The highest BCUT2D eigenvalue weighted by atomic mass is 16.5. The summed E-state index contributed by atoms with van der Waals surface area (Å²) in [5, 5.41) is 6.58. The minimum Gasteiger partial charge on any atom is -0.492 e. The maximum atomic E-state index is 5.84. The lowest BCUT2D eigenvalue weighted by Gasteiger charge is -2.15. The molecule has 0 fully saturated rings. The van der Waals surface area contributed by atoms with Crippen molar-refractivity contribution in [2.45, 2.75) is 20.4 Å². The Morgan fingerprint density at radius 1 is 0.929 bits per heavy atom. The number of methoxy groups -OCH3 is 1. The molecule has 0 amide bonds. The summed E-state index contributed by atoms with van der Waals surface area (Å²) in [5.74, 6) is 2.46. The Hall–Kier alpha value is -2.73. The van der Waals surface area contributed by atoms with Gasteiger partial charge >= 0.3 is 0 Å². The van der Waals surface area contributed by atoms with Gasteiger partial charge in [-0.2, -0.15) is 0 Å². The number of guanidine groups is 1.